The van der Waals surface area contributed by atoms with E-state index in [1.165, 1.54) is 72.8 Å². The lowest BCUT2D eigenvalue weighted by Crippen LogP contribution is -2.61. The number of carbonyl (C=O) groups is 12. The molecule has 93 heavy (non-hydrogen) atoms. The number of phenols is 3. The number of aliphatic carboxylic acids is 2. The number of hydrogen-bond acceptors (Lipinski definition) is 17. The maximum Gasteiger partial charge on any atom is 0.326 e. The molecule has 0 unspecified atom stereocenters. The number of likely N-dealkylation sites (tertiary alicyclic amines) is 1. The molecule has 29 nitrogen and oxygen atoms in total. The van der Waals surface area contributed by atoms with Crippen molar-refractivity contribution in [3.05, 3.63) is 89.5 Å². The lowest BCUT2D eigenvalue weighted by Gasteiger charge is -2.31. The average Bonchev–Trinajstić information content (AvgIpc) is 1.90. The maximum absolute atomic E-state index is 14.8. The second kappa shape index (κ2) is 37.2. The van der Waals surface area contributed by atoms with Crippen molar-refractivity contribution >= 4 is 71.0 Å². The first-order valence-corrected chi connectivity index (χ1v) is 31.1. The molecule has 0 aromatic heterocycles. The topological polar surface area (TPSA) is 484 Å². The summed E-state index contributed by atoms with van der Waals surface area (Å²) in [5.74, 6) is -12.8. The van der Waals surface area contributed by atoms with E-state index in [0.717, 1.165) is 4.90 Å². The lowest BCUT2D eigenvalue weighted by molar-refractivity contribution is -0.143. The fraction of sp³-hybridized carbons (Fsp3) is 0.531. The SMILES string of the molecule is CC(C)C[C@H](NC(=O)[C@H](Cc1ccc(O)cc1)NC(=O)[C@H](CC(C)C)NC(=O)[C@H](CC(C)C)NC(=O)[C@H](Cc1ccc(O)cc1)NC(=O)[C@@H]1CCCN1C(=O)[C@H](CC(N)=O)NC(=O)[C@H](Cc1ccc(O)cc1)NC(=O)[C@@H](N)CC(=O)O)C(=O)N[C@@H](CCCCN)C(=O)O. The van der Waals surface area contributed by atoms with Gasteiger partial charge in [-0.3, -0.25) is 52.7 Å². The third kappa shape index (κ3) is 26.0. The molecule has 10 amide bonds. The van der Waals surface area contributed by atoms with Crippen molar-refractivity contribution in [1.82, 2.24) is 47.4 Å². The quantitative estimate of drug-likeness (QED) is 0.0328. The molecule has 0 aliphatic carbocycles. The van der Waals surface area contributed by atoms with Gasteiger partial charge in [0.05, 0.1) is 18.9 Å². The Hall–Kier alpha value is -9.38. The van der Waals surface area contributed by atoms with Gasteiger partial charge < -0.3 is 90.2 Å². The van der Waals surface area contributed by atoms with Crippen LogP contribution in [-0.4, -0.2) is 175 Å². The fourth-order valence-corrected chi connectivity index (χ4v) is 10.5. The van der Waals surface area contributed by atoms with Gasteiger partial charge in [0.25, 0.3) is 0 Å². The Balaban J connectivity index is 1.63. The summed E-state index contributed by atoms with van der Waals surface area (Å²) in [4.78, 5) is 166. The van der Waals surface area contributed by atoms with E-state index in [1.807, 2.05) is 0 Å². The zero-order chi connectivity index (χ0) is 69.2. The largest absolute Gasteiger partial charge is 0.508 e. The van der Waals surface area contributed by atoms with Crippen molar-refractivity contribution in [2.45, 2.75) is 185 Å². The summed E-state index contributed by atoms with van der Waals surface area (Å²) >= 11 is 0. The molecule has 0 saturated carbocycles. The lowest BCUT2D eigenvalue weighted by atomic mass is 9.98. The van der Waals surface area contributed by atoms with E-state index in [-0.39, 0.29) is 99.3 Å². The van der Waals surface area contributed by atoms with Crippen LogP contribution in [0.5, 0.6) is 17.2 Å². The predicted molar refractivity (Wildman–Crippen MR) is 339 cm³/mol. The molecule has 0 radical (unpaired) electrons. The number of carboxylic acids is 2. The summed E-state index contributed by atoms with van der Waals surface area (Å²) in [6, 6.07) is 2.58. The van der Waals surface area contributed by atoms with Gasteiger partial charge in [-0.05, 0) is 129 Å². The summed E-state index contributed by atoms with van der Waals surface area (Å²) < 4.78 is 0. The number of carbonyl (C=O) groups excluding carboxylic acids is 10. The van der Waals surface area contributed by atoms with Crippen molar-refractivity contribution in [2.24, 2.45) is 35.0 Å². The highest BCUT2D eigenvalue weighted by molar-refractivity contribution is 6.00. The second-order valence-corrected chi connectivity index (χ2v) is 24.7. The van der Waals surface area contributed by atoms with Crippen molar-refractivity contribution in [2.75, 3.05) is 13.1 Å². The summed E-state index contributed by atoms with van der Waals surface area (Å²) in [5.41, 5.74) is 18.3. The Morgan fingerprint density at radius 3 is 1.17 bits per heavy atom. The minimum atomic E-state index is -1.73. The van der Waals surface area contributed by atoms with Crippen molar-refractivity contribution in [3.8, 4) is 17.2 Å². The van der Waals surface area contributed by atoms with Crippen molar-refractivity contribution < 1.29 is 83.1 Å². The van der Waals surface area contributed by atoms with Gasteiger partial charge in [-0.2, -0.15) is 0 Å². The molecule has 1 heterocycles. The summed E-state index contributed by atoms with van der Waals surface area (Å²) in [7, 11) is 0. The monoisotopic (exact) mass is 1300 g/mol. The molecular formula is C64H92N12O17. The first kappa shape index (κ1) is 76.1. The molecule has 10 atom stereocenters. The molecule has 4 rings (SSSR count). The highest BCUT2D eigenvalue weighted by Gasteiger charge is 2.41. The van der Waals surface area contributed by atoms with Gasteiger partial charge in [0.1, 0.15) is 71.6 Å². The molecule has 3 aromatic rings. The Morgan fingerprint density at radius 1 is 0.473 bits per heavy atom. The predicted octanol–water partition coefficient (Wildman–Crippen LogP) is -0.270. The molecule has 19 N–H and O–H groups in total. The molecule has 1 aliphatic rings. The third-order valence-corrected chi connectivity index (χ3v) is 15.2. The highest BCUT2D eigenvalue weighted by atomic mass is 16.4. The second-order valence-electron chi connectivity index (χ2n) is 24.7. The van der Waals surface area contributed by atoms with Crippen LogP contribution in [0.2, 0.25) is 0 Å². The number of unbranched alkanes of at least 4 members (excludes halogenated alkanes) is 1. The Bertz CT molecular complexity index is 3060. The number of rotatable bonds is 38. The van der Waals surface area contributed by atoms with E-state index in [0.29, 0.717) is 36.1 Å². The molecule has 1 fully saturated rings. The number of amides is 10. The first-order valence-electron chi connectivity index (χ1n) is 31.1. The summed E-state index contributed by atoms with van der Waals surface area (Å²) in [6.07, 6.45) is -0.955. The van der Waals surface area contributed by atoms with Gasteiger partial charge in [0.2, 0.25) is 59.1 Å². The molecule has 1 saturated heterocycles. The third-order valence-electron chi connectivity index (χ3n) is 15.2. The van der Waals surface area contributed by atoms with Gasteiger partial charge >= 0.3 is 11.9 Å². The Labute approximate surface area is 539 Å². The zero-order valence-corrected chi connectivity index (χ0v) is 53.4. The highest BCUT2D eigenvalue weighted by Crippen LogP contribution is 2.22. The van der Waals surface area contributed by atoms with Crippen LogP contribution in [0.4, 0.5) is 0 Å². The molecule has 0 bridgehead atoms. The van der Waals surface area contributed by atoms with Crippen molar-refractivity contribution in [3.63, 3.8) is 0 Å². The Morgan fingerprint density at radius 2 is 0.817 bits per heavy atom. The Kier molecular flexibility index (Phi) is 30.4. The summed E-state index contributed by atoms with van der Waals surface area (Å²) in [6.45, 7) is 10.9. The van der Waals surface area contributed by atoms with Crippen LogP contribution in [0.1, 0.15) is 122 Å². The number of phenolic OH excluding ortho intramolecular Hbond substituents is 3. The number of hydrogen-bond donors (Lipinski definition) is 16. The van der Waals surface area contributed by atoms with E-state index in [9.17, 15) is 83.1 Å². The van der Waals surface area contributed by atoms with Crippen LogP contribution in [-0.2, 0) is 76.8 Å². The van der Waals surface area contributed by atoms with Gasteiger partial charge in [-0.1, -0.05) is 77.9 Å². The van der Waals surface area contributed by atoms with E-state index in [4.69, 9.17) is 17.2 Å². The summed E-state index contributed by atoms with van der Waals surface area (Å²) in [5, 5.41) is 70.2. The van der Waals surface area contributed by atoms with Crippen LogP contribution in [0.25, 0.3) is 0 Å². The van der Waals surface area contributed by atoms with E-state index in [2.05, 4.69) is 42.5 Å². The molecule has 1 aliphatic heterocycles. The molecular weight excluding hydrogens is 1210 g/mol. The zero-order valence-electron chi connectivity index (χ0n) is 53.4. The number of nitrogens with two attached hydrogens (primary N) is 3. The molecule has 0 spiro atoms. The van der Waals surface area contributed by atoms with Gasteiger partial charge in [0, 0.05) is 25.8 Å². The van der Waals surface area contributed by atoms with Gasteiger partial charge in [0.15, 0.2) is 0 Å². The molecule has 29 heteroatoms. The van der Waals surface area contributed by atoms with Gasteiger partial charge in [-0.25, -0.2) is 4.79 Å². The minimum absolute atomic E-state index is 0.00690. The van der Waals surface area contributed by atoms with Crippen LogP contribution < -0.4 is 59.7 Å². The van der Waals surface area contributed by atoms with Crippen molar-refractivity contribution in [1.29, 1.82) is 0 Å². The van der Waals surface area contributed by atoms with Crippen LogP contribution in [0, 0.1) is 17.8 Å². The first-order chi connectivity index (χ1) is 43.8. The van der Waals surface area contributed by atoms with Crippen LogP contribution >= 0.6 is 0 Å². The number of primary amides is 1. The standard InChI is InChI=1S/C64H92N12O17/c1-34(2)26-45(56(84)68-44(64(92)93)10-7-8-24-65)71-59(87)49(30-38-14-20-41(78)21-15-38)73-58(86)47(28-36(5)6)70-57(85)46(27-35(3)4)72-60(88)50(31-39-16-22-42(79)23-17-39)74-62(90)52-11-9-25-76(52)63(91)51(33-53(67)80)75-61(89)48(29-37-12-18-40(77)19-13-37)69-55(83)43(66)32-54(81)82/h12-23,34-36,43-52,77-79H,7-11,24-33,65-66H2,1-6H3,(H2,67,80)(H,68,84)(H,69,83)(H,70,85)(H,71,87)(H,72,88)(H,73,86)(H,74,90)(H,75,89)(H,81,82)(H,92,93)/t43-,44-,45-,46-,47-,48-,49-,50-,51-,52-/m0/s1. The normalized spacial score (nSPS) is 15.8. The molecule has 510 valence electrons. The molecule has 3 aromatic carbocycles. The smallest absolute Gasteiger partial charge is 0.326 e. The van der Waals surface area contributed by atoms with E-state index >= 15 is 0 Å². The van der Waals surface area contributed by atoms with E-state index < -0.39 is 144 Å². The van der Waals surface area contributed by atoms with Gasteiger partial charge in [-0.15, -0.1) is 0 Å². The van der Waals surface area contributed by atoms with Crippen LogP contribution in [0.3, 0.4) is 0 Å². The number of aromatic hydroxyl groups is 3. The maximum atomic E-state index is 14.8. The fourth-order valence-electron chi connectivity index (χ4n) is 10.5. The number of benzene rings is 3. The van der Waals surface area contributed by atoms with Crippen LogP contribution in [0.15, 0.2) is 72.8 Å². The minimum Gasteiger partial charge on any atom is -0.508 e. The average molecular weight is 1300 g/mol. The van der Waals surface area contributed by atoms with E-state index in [1.54, 1.807) is 41.5 Å². The number of carboxylic acid groups (broad SMARTS) is 2. The number of nitrogens with one attached hydrogen (secondary N) is 8. The number of nitrogens with zero attached hydrogens (tertiary/aromatic N) is 1.